The molecule has 0 N–H and O–H groups in total. The van der Waals surface area contributed by atoms with Gasteiger partial charge in [0.15, 0.2) is 0 Å². The highest BCUT2D eigenvalue weighted by Gasteiger charge is 2.20. The van der Waals surface area contributed by atoms with Crippen LogP contribution in [-0.4, -0.2) is 0 Å². The zero-order valence-corrected chi connectivity index (χ0v) is 17.1. The Bertz CT molecular complexity index is 845. The number of hydrogen-bond donors (Lipinski definition) is 0. The highest BCUT2D eigenvalue weighted by Crippen LogP contribution is 2.42. The van der Waals surface area contributed by atoms with Gasteiger partial charge in [-0.3, -0.25) is 0 Å². The summed E-state index contributed by atoms with van der Waals surface area (Å²) in [6.07, 6.45) is 0. The summed E-state index contributed by atoms with van der Waals surface area (Å²) < 4.78 is 0. The van der Waals surface area contributed by atoms with Gasteiger partial charge in [0.05, 0.1) is 11.4 Å². The van der Waals surface area contributed by atoms with Crippen molar-refractivity contribution in [3.8, 4) is 0 Å². The van der Waals surface area contributed by atoms with Gasteiger partial charge in [-0.2, -0.15) is 0 Å². The Morgan fingerprint density at radius 3 is 1.15 bits per heavy atom. The number of anilines is 3. The molecule has 3 aromatic rings. The van der Waals surface area contributed by atoms with E-state index in [4.69, 9.17) is 0 Å². The third-order valence-electron chi connectivity index (χ3n) is 5.01. The van der Waals surface area contributed by atoms with Crippen LogP contribution in [0, 0.1) is 48.5 Å². The molecule has 26 heavy (non-hydrogen) atoms. The zero-order chi connectivity index (χ0) is 19.0. The maximum absolute atomic E-state index is 2.44. The lowest BCUT2D eigenvalue weighted by Crippen LogP contribution is -2.15. The van der Waals surface area contributed by atoms with Crippen molar-refractivity contribution in [2.24, 2.45) is 0 Å². The summed E-state index contributed by atoms with van der Waals surface area (Å²) >= 11 is 0. The molecule has 0 heterocycles. The van der Waals surface area contributed by atoms with Crippen LogP contribution in [0.3, 0.4) is 0 Å². The maximum Gasteiger partial charge on any atom is 0.0520 e. The largest absolute Gasteiger partial charge is 0.309 e. The lowest BCUT2D eigenvalue weighted by Gasteiger charge is -2.32. The van der Waals surface area contributed by atoms with Crippen molar-refractivity contribution in [1.29, 1.82) is 0 Å². The Kier molecular flexibility index (Phi) is 4.91. The van der Waals surface area contributed by atoms with E-state index >= 15 is 0 Å². The Hall–Kier alpha value is -2.54. The van der Waals surface area contributed by atoms with E-state index in [1.165, 1.54) is 56.0 Å². The molecule has 0 aromatic heterocycles. The van der Waals surface area contributed by atoms with E-state index in [0.717, 1.165) is 0 Å². The third-order valence-corrected chi connectivity index (χ3v) is 5.01. The van der Waals surface area contributed by atoms with Crippen LogP contribution >= 0.6 is 0 Å². The molecule has 0 radical (unpaired) electrons. The van der Waals surface area contributed by atoms with Gasteiger partial charge in [-0.25, -0.2) is 0 Å². The maximum atomic E-state index is 2.44. The van der Waals surface area contributed by atoms with Crippen LogP contribution < -0.4 is 4.90 Å². The van der Waals surface area contributed by atoms with E-state index in [9.17, 15) is 0 Å². The second kappa shape index (κ2) is 6.99. The van der Waals surface area contributed by atoms with Gasteiger partial charge in [-0.05, 0) is 82.9 Å². The van der Waals surface area contributed by atoms with Crippen molar-refractivity contribution in [1.82, 2.24) is 0 Å². The van der Waals surface area contributed by atoms with E-state index in [1.54, 1.807) is 0 Å². The van der Waals surface area contributed by atoms with E-state index in [-0.39, 0.29) is 0 Å². The average molecular weight is 344 g/mol. The van der Waals surface area contributed by atoms with E-state index in [0.29, 0.717) is 0 Å². The molecule has 0 unspecified atom stereocenters. The van der Waals surface area contributed by atoms with Gasteiger partial charge in [0.25, 0.3) is 0 Å². The lowest BCUT2D eigenvalue weighted by molar-refractivity contribution is 1.16. The summed E-state index contributed by atoms with van der Waals surface area (Å²) in [7, 11) is 0. The number of hydrogen-bond acceptors (Lipinski definition) is 1. The Labute approximate surface area is 158 Å². The van der Waals surface area contributed by atoms with Gasteiger partial charge < -0.3 is 4.90 Å². The summed E-state index contributed by atoms with van der Waals surface area (Å²) in [4.78, 5) is 2.44. The van der Waals surface area contributed by atoms with Crippen LogP contribution in [0.15, 0.2) is 48.5 Å². The smallest absolute Gasteiger partial charge is 0.0520 e. The van der Waals surface area contributed by atoms with Crippen molar-refractivity contribution >= 4 is 17.1 Å². The van der Waals surface area contributed by atoms with Crippen LogP contribution in [0.4, 0.5) is 17.1 Å². The second-order valence-electron chi connectivity index (χ2n) is 7.67. The molecule has 0 amide bonds. The van der Waals surface area contributed by atoms with Crippen molar-refractivity contribution in [2.75, 3.05) is 4.90 Å². The number of benzene rings is 3. The molecule has 0 bridgehead atoms. The summed E-state index contributed by atoms with van der Waals surface area (Å²) in [5.74, 6) is 0. The van der Waals surface area contributed by atoms with Gasteiger partial charge in [0.1, 0.15) is 0 Å². The Morgan fingerprint density at radius 1 is 0.462 bits per heavy atom. The topological polar surface area (TPSA) is 3.24 Å². The standard InChI is InChI=1S/C25H29N/c1-16-8-10-23(11-9-16)26(24-19(4)12-17(2)13-20(24)5)25-21(6)14-18(3)15-22(25)7/h8-15H,1-7H3. The van der Waals surface area contributed by atoms with Crippen molar-refractivity contribution in [3.05, 3.63) is 87.5 Å². The van der Waals surface area contributed by atoms with Gasteiger partial charge in [0, 0.05) is 5.69 Å². The minimum absolute atomic E-state index is 1.21. The fourth-order valence-electron chi connectivity index (χ4n) is 4.11. The molecule has 1 nitrogen and oxygen atoms in total. The van der Waals surface area contributed by atoms with Gasteiger partial charge >= 0.3 is 0 Å². The molecule has 0 fully saturated rings. The Morgan fingerprint density at radius 2 is 0.808 bits per heavy atom. The van der Waals surface area contributed by atoms with Crippen LogP contribution in [-0.2, 0) is 0 Å². The van der Waals surface area contributed by atoms with Crippen molar-refractivity contribution in [3.63, 3.8) is 0 Å². The van der Waals surface area contributed by atoms with Crippen molar-refractivity contribution < 1.29 is 0 Å². The van der Waals surface area contributed by atoms with Gasteiger partial charge in [0.2, 0.25) is 0 Å². The van der Waals surface area contributed by atoms with Crippen molar-refractivity contribution in [2.45, 2.75) is 48.5 Å². The minimum atomic E-state index is 1.21. The summed E-state index contributed by atoms with van der Waals surface area (Å²) in [5, 5.41) is 0. The first kappa shape index (κ1) is 18.3. The molecular weight excluding hydrogens is 314 g/mol. The van der Waals surface area contributed by atoms with Crippen LogP contribution in [0.2, 0.25) is 0 Å². The lowest BCUT2D eigenvalue weighted by atomic mass is 9.98. The first-order valence-electron chi connectivity index (χ1n) is 9.30. The molecule has 3 rings (SSSR count). The first-order chi connectivity index (χ1) is 12.3. The molecule has 0 aliphatic carbocycles. The van der Waals surface area contributed by atoms with Gasteiger partial charge in [-0.1, -0.05) is 53.1 Å². The van der Waals surface area contributed by atoms with Gasteiger partial charge in [-0.15, -0.1) is 0 Å². The molecular formula is C25H29N. The Balaban J connectivity index is 2.34. The predicted octanol–water partition coefficient (Wildman–Crippen LogP) is 7.32. The molecule has 0 atom stereocenters. The molecule has 0 aliphatic heterocycles. The molecule has 1 heteroatoms. The predicted molar refractivity (Wildman–Crippen MR) is 114 cm³/mol. The third kappa shape index (κ3) is 3.39. The fourth-order valence-corrected chi connectivity index (χ4v) is 4.11. The SMILES string of the molecule is Cc1ccc(N(c2c(C)cc(C)cc2C)c2c(C)cc(C)cc2C)cc1. The molecule has 0 saturated heterocycles. The summed E-state index contributed by atoms with van der Waals surface area (Å²) in [5.41, 5.74) is 12.9. The molecule has 0 aliphatic rings. The highest BCUT2D eigenvalue weighted by atomic mass is 15.2. The molecule has 134 valence electrons. The average Bonchev–Trinajstić information content (AvgIpc) is 2.52. The molecule has 0 spiro atoms. The zero-order valence-electron chi connectivity index (χ0n) is 17.1. The first-order valence-corrected chi connectivity index (χ1v) is 9.30. The normalized spacial score (nSPS) is 10.9. The van der Waals surface area contributed by atoms with Crippen LogP contribution in [0.25, 0.3) is 0 Å². The second-order valence-corrected chi connectivity index (χ2v) is 7.67. The van der Waals surface area contributed by atoms with Crippen LogP contribution in [0.1, 0.15) is 38.9 Å². The van der Waals surface area contributed by atoms with E-state index in [1.807, 2.05) is 0 Å². The van der Waals surface area contributed by atoms with Crippen LogP contribution in [0.5, 0.6) is 0 Å². The summed E-state index contributed by atoms with van der Waals surface area (Å²) in [6.45, 7) is 15.3. The summed E-state index contributed by atoms with van der Waals surface area (Å²) in [6, 6.07) is 18.0. The number of nitrogens with zero attached hydrogens (tertiary/aromatic N) is 1. The highest BCUT2D eigenvalue weighted by molar-refractivity contribution is 5.83. The minimum Gasteiger partial charge on any atom is -0.309 e. The molecule has 0 saturated carbocycles. The quantitative estimate of drug-likeness (QED) is 0.481. The molecule has 3 aromatic carbocycles. The number of aryl methyl sites for hydroxylation is 7. The fraction of sp³-hybridized carbons (Fsp3) is 0.280. The van der Waals surface area contributed by atoms with E-state index in [2.05, 4.69) is 102 Å². The van der Waals surface area contributed by atoms with E-state index < -0.39 is 0 Å². The monoisotopic (exact) mass is 343 g/mol. The number of rotatable bonds is 3.